The summed E-state index contributed by atoms with van der Waals surface area (Å²) < 4.78 is 5.07. The van der Waals surface area contributed by atoms with Crippen molar-refractivity contribution in [2.75, 3.05) is 5.32 Å². The van der Waals surface area contributed by atoms with Crippen LogP contribution in [0.5, 0.6) is 0 Å². The lowest BCUT2D eigenvalue weighted by Gasteiger charge is -2.17. The molecule has 0 aliphatic carbocycles. The zero-order valence-electron chi connectivity index (χ0n) is 14.4. The Hall–Kier alpha value is -3.35. The maximum atomic E-state index is 12.4. The first-order chi connectivity index (χ1) is 12.4. The van der Waals surface area contributed by atoms with Gasteiger partial charge in [-0.05, 0) is 24.6 Å². The minimum atomic E-state index is -1.13. The first-order valence-electron chi connectivity index (χ1n) is 8.07. The third-order valence-electron chi connectivity index (χ3n) is 3.55. The molecule has 1 unspecified atom stereocenters. The second-order valence-corrected chi connectivity index (χ2v) is 5.78. The number of hydrogen-bond acceptors (Lipinski definition) is 4. The summed E-state index contributed by atoms with van der Waals surface area (Å²) >= 11 is 0. The summed E-state index contributed by atoms with van der Waals surface area (Å²) in [5.74, 6) is -1.26. The fourth-order valence-corrected chi connectivity index (χ4v) is 2.18. The molecule has 0 radical (unpaired) electrons. The number of hydrogen-bond donors (Lipinski definition) is 3. The van der Waals surface area contributed by atoms with Crippen molar-refractivity contribution in [3.63, 3.8) is 0 Å². The Morgan fingerprint density at radius 1 is 1.04 bits per heavy atom. The fraction of sp³-hybridized carbons (Fsp3) is 0.211. The number of aryl methyl sites for hydroxylation is 1. The summed E-state index contributed by atoms with van der Waals surface area (Å²) in [6, 6.07) is 15.1. The molecule has 2 aromatic carbocycles. The molecule has 0 heterocycles. The van der Waals surface area contributed by atoms with E-state index in [2.05, 4.69) is 10.6 Å². The van der Waals surface area contributed by atoms with Crippen molar-refractivity contribution in [3.8, 4) is 0 Å². The molecule has 2 aromatic rings. The number of nitrogens with one attached hydrogen (secondary N) is 2. The number of rotatable bonds is 7. The molecule has 0 fully saturated rings. The molecule has 0 spiro atoms. The van der Waals surface area contributed by atoms with Crippen LogP contribution in [0, 0.1) is 6.92 Å². The van der Waals surface area contributed by atoms with Gasteiger partial charge in [0.05, 0.1) is 6.42 Å². The van der Waals surface area contributed by atoms with Crippen LogP contribution < -0.4 is 16.4 Å². The predicted molar refractivity (Wildman–Crippen MR) is 97.2 cm³/mol. The Morgan fingerprint density at radius 3 is 2.31 bits per heavy atom. The van der Waals surface area contributed by atoms with Gasteiger partial charge in [-0.25, -0.2) is 4.79 Å². The van der Waals surface area contributed by atoms with E-state index in [1.54, 1.807) is 24.3 Å². The van der Waals surface area contributed by atoms with Crippen LogP contribution in [0.3, 0.4) is 0 Å². The molecule has 0 aliphatic rings. The Balaban J connectivity index is 1.94. The van der Waals surface area contributed by atoms with Gasteiger partial charge in [0, 0.05) is 5.69 Å². The summed E-state index contributed by atoms with van der Waals surface area (Å²) in [7, 11) is 0. The smallest absolute Gasteiger partial charge is 0.408 e. The first-order valence-corrected chi connectivity index (χ1v) is 8.07. The average molecular weight is 355 g/mol. The van der Waals surface area contributed by atoms with E-state index in [9.17, 15) is 14.4 Å². The maximum absolute atomic E-state index is 12.4. The second kappa shape index (κ2) is 9.22. The summed E-state index contributed by atoms with van der Waals surface area (Å²) in [5.41, 5.74) is 7.57. The maximum Gasteiger partial charge on any atom is 0.408 e. The van der Waals surface area contributed by atoms with Crippen LogP contribution in [0.1, 0.15) is 17.5 Å². The number of carbonyl (C=O) groups is 3. The van der Waals surface area contributed by atoms with Crippen LogP contribution in [0.25, 0.3) is 0 Å². The van der Waals surface area contributed by atoms with Gasteiger partial charge in [0.2, 0.25) is 11.8 Å². The minimum Gasteiger partial charge on any atom is -0.445 e. The van der Waals surface area contributed by atoms with E-state index in [0.29, 0.717) is 5.69 Å². The molecule has 7 heteroatoms. The Morgan fingerprint density at radius 2 is 1.69 bits per heavy atom. The van der Waals surface area contributed by atoms with Crippen molar-refractivity contribution in [1.29, 1.82) is 0 Å². The number of amides is 3. The quantitative estimate of drug-likeness (QED) is 0.706. The molecule has 4 N–H and O–H groups in total. The van der Waals surface area contributed by atoms with Crippen LogP contribution in [-0.4, -0.2) is 23.9 Å². The van der Waals surface area contributed by atoms with Crippen molar-refractivity contribution in [2.24, 2.45) is 5.73 Å². The van der Waals surface area contributed by atoms with Crippen LogP contribution in [0.15, 0.2) is 54.6 Å². The highest BCUT2D eigenvalue weighted by atomic mass is 16.5. The standard InChI is InChI=1S/C19H21N3O4/c1-13-7-9-15(10-8-13)21-18(24)16(11-17(20)23)22-19(25)26-12-14-5-3-2-4-6-14/h2-10,16H,11-12H2,1H3,(H2,20,23)(H,21,24)(H,22,25). The molecular formula is C19H21N3O4. The molecule has 0 saturated carbocycles. The number of benzene rings is 2. The molecule has 1 atom stereocenters. The second-order valence-electron chi connectivity index (χ2n) is 5.78. The van der Waals surface area contributed by atoms with Crippen LogP contribution in [0.2, 0.25) is 0 Å². The SMILES string of the molecule is Cc1ccc(NC(=O)C(CC(N)=O)NC(=O)OCc2ccccc2)cc1. The molecule has 2 rings (SSSR count). The zero-order valence-corrected chi connectivity index (χ0v) is 14.4. The van der Waals surface area contributed by atoms with Crippen molar-refractivity contribution in [3.05, 3.63) is 65.7 Å². The normalized spacial score (nSPS) is 11.3. The highest BCUT2D eigenvalue weighted by Gasteiger charge is 2.23. The molecule has 0 bridgehead atoms. The summed E-state index contributed by atoms with van der Waals surface area (Å²) in [5, 5.41) is 5.01. The largest absolute Gasteiger partial charge is 0.445 e. The van der Waals surface area contributed by atoms with E-state index >= 15 is 0 Å². The molecule has 0 aromatic heterocycles. The lowest BCUT2D eigenvalue weighted by molar-refractivity contribution is -0.123. The van der Waals surface area contributed by atoms with Crippen molar-refractivity contribution in [1.82, 2.24) is 5.32 Å². The third-order valence-corrected chi connectivity index (χ3v) is 3.55. The van der Waals surface area contributed by atoms with Gasteiger partial charge in [-0.2, -0.15) is 0 Å². The molecule has 0 saturated heterocycles. The molecular weight excluding hydrogens is 334 g/mol. The monoisotopic (exact) mass is 355 g/mol. The van der Waals surface area contributed by atoms with Crippen molar-refractivity contribution >= 4 is 23.6 Å². The minimum absolute atomic E-state index is 0.0511. The van der Waals surface area contributed by atoms with Gasteiger partial charge in [0.1, 0.15) is 12.6 Å². The fourth-order valence-electron chi connectivity index (χ4n) is 2.18. The number of anilines is 1. The average Bonchev–Trinajstić information content (AvgIpc) is 2.62. The van der Waals surface area contributed by atoms with E-state index in [1.165, 1.54) is 0 Å². The van der Waals surface area contributed by atoms with Gasteiger partial charge < -0.3 is 21.1 Å². The summed E-state index contributed by atoms with van der Waals surface area (Å²) in [6.07, 6.45) is -1.14. The van der Waals surface area contributed by atoms with Crippen molar-refractivity contribution < 1.29 is 19.1 Å². The number of nitrogens with two attached hydrogens (primary N) is 1. The van der Waals surface area contributed by atoms with Gasteiger partial charge in [-0.3, -0.25) is 9.59 Å². The van der Waals surface area contributed by atoms with Crippen molar-refractivity contribution in [2.45, 2.75) is 26.0 Å². The lowest BCUT2D eigenvalue weighted by Crippen LogP contribution is -2.46. The summed E-state index contributed by atoms with van der Waals surface area (Å²) in [4.78, 5) is 35.5. The Labute approximate surface area is 151 Å². The van der Waals surface area contributed by atoms with E-state index in [-0.39, 0.29) is 13.0 Å². The number of carbonyl (C=O) groups excluding carboxylic acids is 3. The molecule has 136 valence electrons. The number of primary amides is 1. The third kappa shape index (κ3) is 6.27. The Kier molecular flexibility index (Phi) is 6.73. The Bertz CT molecular complexity index is 760. The van der Waals surface area contributed by atoms with E-state index in [4.69, 9.17) is 10.5 Å². The van der Waals surface area contributed by atoms with Gasteiger partial charge >= 0.3 is 6.09 Å². The molecule has 7 nitrogen and oxygen atoms in total. The zero-order chi connectivity index (χ0) is 18.9. The topological polar surface area (TPSA) is 111 Å². The highest BCUT2D eigenvalue weighted by Crippen LogP contribution is 2.10. The highest BCUT2D eigenvalue weighted by molar-refractivity contribution is 5.99. The van der Waals surface area contributed by atoms with Gasteiger partial charge in [-0.15, -0.1) is 0 Å². The predicted octanol–water partition coefficient (Wildman–Crippen LogP) is 2.10. The molecule has 0 aliphatic heterocycles. The van der Waals surface area contributed by atoms with E-state index in [0.717, 1.165) is 11.1 Å². The molecule has 26 heavy (non-hydrogen) atoms. The van der Waals surface area contributed by atoms with Crippen LogP contribution in [0.4, 0.5) is 10.5 Å². The van der Waals surface area contributed by atoms with Gasteiger partial charge in [0.15, 0.2) is 0 Å². The number of alkyl carbamates (subject to hydrolysis) is 1. The van der Waals surface area contributed by atoms with Crippen LogP contribution in [-0.2, 0) is 20.9 Å². The summed E-state index contributed by atoms with van der Waals surface area (Å²) in [6.45, 7) is 1.97. The molecule has 3 amide bonds. The van der Waals surface area contributed by atoms with Gasteiger partial charge in [0.25, 0.3) is 0 Å². The van der Waals surface area contributed by atoms with E-state index < -0.39 is 23.9 Å². The number of ether oxygens (including phenoxy) is 1. The van der Waals surface area contributed by atoms with Gasteiger partial charge in [-0.1, -0.05) is 48.0 Å². The lowest BCUT2D eigenvalue weighted by atomic mass is 10.1. The van der Waals surface area contributed by atoms with Crippen LogP contribution >= 0.6 is 0 Å². The van der Waals surface area contributed by atoms with E-state index in [1.807, 2.05) is 37.3 Å². The first kappa shape index (κ1) is 19.0.